The number of rotatable bonds is 7. The number of nitrogens with one attached hydrogen (secondary N) is 2. The van der Waals surface area contributed by atoms with E-state index in [0.29, 0.717) is 10.9 Å². The molecule has 1 aromatic carbocycles. The Morgan fingerprint density at radius 1 is 1.11 bits per heavy atom. The summed E-state index contributed by atoms with van der Waals surface area (Å²) in [6.07, 6.45) is -1.25. The lowest BCUT2D eigenvalue weighted by atomic mass is 10.0. The van der Waals surface area contributed by atoms with E-state index in [0.717, 1.165) is 12.1 Å². The summed E-state index contributed by atoms with van der Waals surface area (Å²) in [6.45, 7) is 4.76. The molecule has 0 unspecified atom stereocenters. The number of esters is 1. The molecule has 0 fully saturated rings. The number of amides is 2. The molecule has 1 heterocycles. The third-order valence-electron chi connectivity index (χ3n) is 3.80. The predicted octanol–water partition coefficient (Wildman–Crippen LogP) is 3.35. The Morgan fingerprint density at radius 3 is 2.39 bits per heavy atom. The zero-order valence-corrected chi connectivity index (χ0v) is 16.3. The van der Waals surface area contributed by atoms with Gasteiger partial charge in [-0.25, -0.2) is 13.6 Å². The van der Waals surface area contributed by atoms with E-state index in [9.17, 15) is 23.2 Å². The molecular weight excluding hydrogens is 390 g/mol. The number of thiophene rings is 1. The molecule has 0 aliphatic heterocycles. The molecule has 0 aliphatic carbocycles. The summed E-state index contributed by atoms with van der Waals surface area (Å²) < 4.78 is 31.7. The molecule has 150 valence electrons. The largest absolute Gasteiger partial charge is 0.451 e. The van der Waals surface area contributed by atoms with E-state index in [4.69, 9.17) is 4.74 Å². The van der Waals surface area contributed by atoms with Crippen LogP contribution in [0, 0.1) is 17.6 Å². The van der Waals surface area contributed by atoms with E-state index in [2.05, 4.69) is 10.6 Å². The van der Waals surface area contributed by atoms with Gasteiger partial charge in [-0.05, 0) is 36.4 Å². The normalized spacial score (nSPS) is 12.9. The molecule has 0 saturated heterocycles. The highest BCUT2D eigenvalue weighted by Crippen LogP contribution is 2.16. The van der Waals surface area contributed by atoms with Crippen molar-refractivity contribution < 1.29 is 27.9 Å². The molecule has 1 aromatic heterocycles. The van der Waals surface area contributed by atoms with Crippen molar-refractivity contribution >= 4 is 34.8 Å². The van der Waals surface area contributed by atoms with E-state index >= 15 is 0 Å². The van der Waals surface area contributed by atoms with Crippen molar-refractivity contribution in [2.24, 2.45) is 5.92 Å². The maximum Gasteiger partial charge on any atom is 0.329 e. The van der Waals surface area contributed by atoms with Crippen LogP contribution in [0.25, 0.3) is 0 Å². The number of halogens is 2. The van der Waals surface area contributed by atoms with Gasteiger partial charge in [-0.3, -0.25) is 9.59 Å². The van der Waals surface area contributed by atoms with Crippen molar-refractivity contribution in [1.29, 1.82) is 0 Å². The first-order valence-corrected chi connectivity index (χ1v) is 9.37. The van der Waals surface area contributed by atoms with Crippen LogP contribution in [0.15, 0.2) is 35.7 Å². The average molecular weight is 410 g/mol. The molecule has 9 heteroatoms. The third kappa shape index (κ3) is 5.59. The van der Waals surface area contributed by atoms with Crippen molar-refractivity contribution in [1.82, 2.24) is 5.32 Å². The molecule has 2 N–H and O–H groups in total. The van der Waals surface area contributed by atoms with E-state index in [1.54, 1.807) is 31.4 Å². The van der Waals surface area contributed by atoms with Crippen LogP contribution in [-0.4, -0.2) is 29.9 Å². The maximum absolute atomic E-state index is 13.6. The van der Waals surface area contributed by atoms with E-state index < -0.39 is 41.6 Å². The van der Waals surface area contributed by atoms with Crippen molar-refractivity contribution in [3.05, 3.63) is 52.2 Å². The van der Waals surface area contributed by atoms with E-state index in [1.165, 1.54) is 18.3 Å². The summed E-state index contributed by atoms with van der Waals surface area (Å²) in [5.74, 6) is -4.02. The lowest BCUT2D eigenvalue weighted by molar-refractivity contribution is -0.156. The van der Waals surface area contributed by atoms with Gasteiger partial charge in [0.25, 0.3) is 11.8 Å². The van der Waals surface area contributed by atoms with Crippen LogP contribution in [0.4, 0.5) is 14.5 Å². The van der Waals surface area contributed by atoms with Crippen LogP contribution in [-0.2, 0) is 14.3 Å². The van der Waals surface area contributed by atoms with Gasteiger partial charge in [0.1, 0.15) is 17.7 Å². The zero-order valence-electron chi connectivity index (χ0n) is 15.5. The lowest BCUT2D eigenvalue weighted by Gasteiger charge is -2.22. The third-order valence-corrected chi connectivity index (χ3v) is 4.67. The molecular formula is C19H20F2N2O4S. The highest BCUT2D eigenvalue weighted by atomic mass is 32.1. The van der Waals surface area contributed by atoms with Gasteiger partial charge in [-0.15, -0.1) is 11.3 Å². The molecule has 2 amide bonds. The maximum atomic E-state index is 13.6. The molecule has 0 bridgehead atoms. The van der Waals surface area contributed by atoms with Gasteiger partial charge in [-0.2, -0.15) is 0 Å². The molecule has 28 heavy (non-hydrogen) atoms. The van der Waals surface area contributed by atoms with Gasteiger partial charge in [0.05, 0.1) is 10.6 Å². The van der Waals surface area contributed by atoms with Gasteiger partial charge in [0.2, 0.25) is 0 Å². The Balaban J connectivity index is 1.99. The van der Waals surface area contributed by atoms with Gasteiger partial charge < -0.3 is 15.4 Å². The van der Waals surface area contributed by atoms with Crippen LogP contribution >= 0.6 is 11.3 Å². The van der Waals surface area contributed by atoms with Crippen LogP contribution in [0.3, 0.4) is 0 Å². The minimum absolute atomic E-state index is 0.235. The summed E-state index contributed by atoms with van der Waals surface area (Å²) >= 11 is 1.23. The Kier molecular flexibility index (Phi) is 7.22. The molecule has 2 rings (SSSR count). The quantitative estimate of drug-likeness (QED) is 0.686. The molecule has 2 atom stereocenters. The van der Waals surface area contributed by atoms with Gasteiger partial charge in [0, 0.05) is 6.07 Å². The van der Waals surface area contributed by atoms with Crippen LogP contribution < -0.4 is 10.6 Å². The molecule has 0 radical (unpaired) electrons. The minimum Gasteiger partial charge on any atom is -0.451 e. The van der Waals surface area contributed by atoms with Crippen molar-refractivity contribution in [3.63, 3.8) is 0 Å². The molecule has 0 saturated carbocycles. The Labute approximate surface area is 164 Å². The second-order valence-corrected chi connectivity index (χ2v) is 7.31. The minimum atomic E-state index is -1.25. The highest BCUT2D eigenvalue weighted by molar-refractivity contribution is 7.12. The van der Waals surface area contributed by atoms with Gasteiger partial charge in [0.15, 0.2) is 6.10 Å². The number of hydrogen-bond donors (Lipinski definition) is 2. The lowest BCUT2D eigenvalue weighted by Crippen LogP contribution is -2.47. The Morgan fingerprint density at radius 2 is 1.82 bits per heavy atom. The SMILES string of the molecule is CC(C)[C@@H](NC(=O)c1cccs1)C(=O)O[C@@H](C)C(=O)Nc1ccc(F)cc1F. The summed E-state index contributed by atoms with van der Waals surface area (Å²) in [5.41, 5.74) is -0.235. The van der Waals surface area contributed by atoms with Crippen LogP contribution in [0.5, 0.6) is 0 Å². The molecule has 0 aliphatic rings. The molecule has 6 nitrogen and oxygen atoms in total. The monoisotopic (exact) mass is 410 g/mol. The summed E-state index contributed by atoms with van der Waals surface area (Å²) in [5, 5.41) is 6.56. The van der Waals surface area contributed by atoms with Crippen molar-refractivity contribution in [2.75, 3.05) is 5.32 Å². The van der Waals surface area contributed by atoms with Gasteiger partial charge in [-0.1, -0.05) is 19.9 Å². The summed E-state index contributed by atoms with van der Waals surface area (Å²) in [6, 6.07) is 5.05. The fourth-order valence-electron chi connectivity index (χ4n) is 2.24. The smallest absolute Gasteiger partial charge is 0.329 e. The molecule has 0 spiro atoms. The fourth-order valence-corrected chi connectivity index (χ4v) is 2.87. The number of benzene rings is 1. The number of ether oxygens (including phenoxy) is 1. The number of hydrogen-bond acceptors (Lipinski definition) is 5. The van der Waals surface area contributed by atoms with Crippen molar-refractivity contribution in [3.8, 4) is 0 Å². The first-order valence-electron chi connectivity index (χ1n) is 8.49. The topological polar surface area (TPSA) is 84.5 Å². The second kappa shape index (κ2) is 9.41. The zero-order chi connectivity index (χ0) is 20.8. The van der Waals surface area contributed by atoms with Crippen LogP contribution in [0.1, 0.15) is 30.4 Å². The van der Waals surface area contributed by atoms with Crippen molar-refractivity contribution in [2.45, 2.75) is 32.9 Å². The highest BCUT2D eigenvalue weighted by Gasteiger charge is 2.29. The fraction of sp³-hybridized carbons (Fsp3) is 0.316. The predicted molar refractivity (Wildman–Crippen MR) is 101 cm³/mol. The number of anilines is 1. The first-order chi connectivity index (χ1) is 13.2. The van der Waals surface area contributed by atoms with Gasteiger partial charge >= 0.3 is 5.97 Å². The second-order valence-electron chi connectivity index (χ2n) is 6.36. The standard InChI is InChI=1S/C19H20F2N2O4S/c1-10(2)16(23-18(25)15-5-4-8-28-15)19(26)27-11(3)17(24)22-14-7-6-12(20)9-13(14)21/h4-11,16H,1-3H3,(H,22,24)(H,23,25)/t11-,16+/m0/s1. The van der Waals surface area contributed by atoms with Crippen LogP contribution in [0.2, 0.25) is 0 Å². The average Bonchev–Trinajstić information content (AvgIpc) is 3.16. The summed E-state index contributed by atoms with van der Waals surface area (Å²) in [4.78, 5) is 37.2. The number of carbonyl (C=O) groups is 3. The first kappa shape index (κ1) is 21.5. The Hall–Kier alpha value is -2.81. The number of carbonyl (C=O) groups excluding carboxylic acids is 3. The molecule has 2 aromatic rings. The summed E-state index contributed by atoms with van der Waals surface area (Å²) in [7, 11) is 0. The Bertz CT molecular complexity index is 856. The van der Waals surface area contributed by atoms with E-state index in [1.807, 2.05) is 0 Å². The van der Waals surface area contributed by atoms with E-state index in [-0.39, 0.29) is 11.6 Å².